The Kier molecular flexibility index (Phi) is 6.13. The first-order valence-electron chi connectivity index (χ1n) is 8.32. The van der Waals surface area contributed by atoms with E-state index in [4.69, 9.17) is 39.9 Å². The minimum absolute atomic E-state index is 0.0424. The van der Waals surface area contributed by atoms with Gasteiger partial charge >= 0.3 is 5.97 Å². The molecular weight excluding hydrogens is 427 g/mol. The van der Waals surface area contributed by atoms with Crippen molar-refractivity contribution in [3.63, 3.8) is 0 Å². The highest BCUT2D eigenvalue weighted by atomic mass is 35.5. The van der Waals surface area contributed by atoms with Gasteiger partial charge in [0, 0.05) is 23.7 Å². The van der Waals surface area contributed by atoms with E-state index in [2.05, 4.69) is 5.32 Å². The van der Waals surface area contributed by atoms with Crippen molar-refractivity contribution in [2.75, 3.05) is 13.1 Å². The second-order valence-electron chi connectivity index (χ2n) is 6.25. The molecule has 0 bridgehead atoms. The van der Waals surface area contributed by atoms with Crippen LogP contribution in [0.2, 0.25) is 15.1 Å². The molecule has 9 heteroatoms. The fourth-order valence-electron chi connectivity index (χ4n) is 3.05. The Morgan fingerprint density at radius 2 is 1.79 bits per heavy atom. The van der Waals surface area contributed by atoms with Gasteiger partial charge in [-0.1, -0.05) is 34.8 Å². The molecule has 146 valence electrons. The summed E-state index contributed by atoms with van der Waals surface area (Å²) < 4.78 is 0. The fraction of sp³-hybridized carbons (Fsp3) is 0.211. The summed E-state index contributed by atoms with van der Waals surface area (Å²) in [5.41, 5.74) is 2.04. The van der Waals surface area contributed by atoms with Crippen LogP contribution in [-0.2, 0) is 17.8 Å². The molecule has 2 amide bonds. The van der Waals surface area contributed by atoms with Crippen LogP contribution in [0.1, 0.15) is 31.8 Å². The molecule has 1 aliphatic rings. The minimum Gasteiger partial charge on any atom is -0.480 e. The molecule has 2 aromatic rings. The van der Waals surface area contributed by atoms with E-state index in [1.807, 2.05) is 0 Å². The zero-order valence-corrected chi connectivity index (χ0v) is 16.7. The normalized spacial score (nSPS) is 13.0. The van der Waals surface area contributed by atoms with Gasteiger partial charge in [-0.2, -0.15) is 0 Å². The molecule has 2 aromatic carbocycles. The summed E-state index contributed by atoms with van der Waals surface area (Å²) in [5, 5.41) is 11.8. The fourth-order valence-corrected chi connectivity index (χ4v) is 3.94. The largest absolute Gasteiger partial charge is 0.480 e. The lowest BCUT2D eigenvalue weighted by Crippen LogP contribution is -2.36. The highest BCUT2D eigenvalue weighted by molar-refractivity contribution is 6.40. The van der Waals surface area contributed by atoms with E-state index in [1.165, 1.54) is 0 Å². The minimum atomic E-state index is -1.17. The number of hydrogen-bond donors (Lipinski definition) is 2. The third-order valence-electron chi connectivity index (χ3n) is 4.41. The summed E-state index contributed by atoms with van der Waals surface area (Å²) in [6, 6.07) is 8.23. The van der Waals surface area contributed by atoms with E-state index in [0.717, 1.165) is 11.1 Å². The number of carbonyl (C=O) groups excluding carboxylic acids is 2. The topological polar surface area (TPSA) is 86.7 Å². The third kappa shape index (κ3) is 4.24. The van der Waals surface area contributed by atoms with Crippen molar-refractivity contribution in [1.29, 1.82) is 0 Å². The van der Waals surface area contributed by atoms with Crippen LogP contribution < -0.4 is 5.32 Å². The van der Waals surface area contributed by atoms with Crippen LogP contribution in [0.3, 0.4) is 0 Å². The third-order valence-corrected chi connectivity index (χ3v) is 5.38. The molecule has 0 spiro atoms. The Morgan fingerprint density at radius 1 is 1.11 bits per heavy atom. The number of carboxylic acid groups (broad SMARTS) is 1. The first kappa shape index (κ1) is 20.5. The molecule has 0 radical (unpaired) electrons. The molecule has 0 unspecified atom stereocenters. The van der Waals surface area contributed by atoms with E-state index in [0.29, 0.717) is 30.1 Å². The number of nitrogens with one attached hydrogen (secondary N) is 1. The van der Waals surface area contributed by atoms with Gasteiger partial charge in [-0.05, 0) is 47.9 Å². The van der Waals surface area contributed by atoms with Crippen LogP contribution in [0.4, 0.5) is 0 Å². The highest BCUT2D eigenvalue weighted by Gasteiger charge is 2.27. The number of hydrogen-bond acceptors (Lipinski definition) is 3. The number of amides is 2. The molecule has 0 saturated carbocycles. The van der Waals surface area contributed by atoms with Gasteiger partial charge in [0.25, 0.3) is 11.8 Å². The van der Waals surface area contributed by atoms with Crippen LogP contribution in [0, 0.1) is 0 Å². The monoisotopic (exact) mass is 440 g/mol. The maximum absolute atomic E-state index is 12.7. The molecule has 0 saturated heterocycles. The van der Waals surface area contributed by atoms with Gasteiger partial charge in [-0.3, -0.25) is 14.4 Å². The average molecular weight is 442 g/mol. The van der Waals surface area contributed by atoms with Crippen molar-refractivity contribution in [2.45, 2.75) is 13.0 Å². The number of halogens is 3. The lowest BCUT2D eigenvalue weighted by molar-refractivity contribution is -0.135. The summed E-state index contributed by atoms with van der Waals surface area (Å²) in [6.45, 7) is 0.186. The summed E-state index contributed by atoms with van der Waals surface area (Å²) >= 11 is 18.5. The van der Waals surface area contributed by atoms with Crippen molar-refractivity contribution < 1.29 is 19.5 Å². The Hall–Kier alpha value is -2.28. The van der Waals surface area contributed by atoms with Crippen LogP contribution in [-0.4, -0.2) is 40.9 Å². The maximum atomic E-state index is 12.7. The molecular formula is C19H15Cl3N2O4. The molecule has 0 aliphatic carbocycles. The Bertz CT molecular complexity index is 961. The summed E-state index contributed by atoms with van der Waals surface area (Å²) in [5.74, 6) is -1.97. The molecule has 0 aromatic heterocycles. The molecule has 0 fully saturated rings. The molecule has 3 rings (SSSR count). The number of carbonyl (C=O) groups is 3. The van der Waals surface area contributed by atoms with Gasteiger partial charge in [0.1, 0.15) is 6.54 Å². The van der Waals surface area contributed by atoms with E-state index >= 15 is 0 Å². The number of carboxylic acids is 1. The quantitative estimate of drug-likeness (QED) is 0.758. The van der Waals surface area contributed by atoms with Crippen LogP contribution in [0.15, 0.2) is 30.3 Å². The zero-order valence-electron chi connectivity index (χ0n) is 14.5. The van der Waals surface area contributed by atoms with E-state index < -0.39 is 18.4 Å². The van der Waals surface area contributed by atoms with Gasteiger partial charge in [0.2, 0.25) is 0 Å². The summed E-state index contributed by atoms with van der Waals surface area (Å²) in [7, 11) is 0. The summed E-state index contributed by atoms with van der Waals surface area (Å²) in [4.78, 5) is 37.3. The van der Waals surface area contributed by atoms with Gasteiger partial charge in [0.05, 0.1) is 15.6 Å². The standard InChI is InChI=1S/C19H15Cl3N2O4/c20-12-3-1-10(2-4-12)19(28)24-6-5-13-11(9-24)7-14(21)16(17(13)22)18(27)23-8-15(25)26/h1-4,7H,5-6,8-9H2,(H,23,27)(H,25,26). The predicted molar refractivity (Wildman–Crippen MR) is 106 cm³/mol. The first-order chi connectivity index (χ1) is 13.3. The van der Waals surface area contributed by atoms with E-state index in [-0.39, 0.29) is 21.5 Å². The van der Waals surface area contributed by atoms with Crippen molar-refractivity contribution in [3.05, 3.63) is 67.7 Å². The molecule has 6 nitrogen and oxygen atoms in total. The smallest absolute Gasteiger partial charge is 0.322 e. The van der Waals surface area contributed by atoms with Crippen LogP contribution in [0.5, 0.6) is 0 Å². The molecule has 28 heavy (non-hydrogen) atoms. The molecule has 2 N–H and O–H groups in total. The Balaban J connectivity index is 1.84. The second-order valence-corrected chi connectivity index (χ2v) is 7.47. The van der Waals surface area contributed by atoms with E-state index in [1.54, 1.807) is 35.2 Å². The van der Waals surface area contributed by atoms with Gasteiger partial charge in [0.15, 0.2) is 0 Å². The zero-order chi connectivity index (χ0) is 20.4. The highest BCUT2D eigenvalue weighted by Crippen LogP contribution is 2.35. The average Bonchev–Trinajstić information content (AvgIpc) is 2.66. The number of aliphatic carboxylic acids is 1. The van der Waals surface area contributed by atoms with Crippen molar-refractivity contribution in [2.24, 2.45) is 0 Å². The summed E-state index contributed by atoms with van der Waals surface area (Å²) in [6.07, 6.45) is 0.448. The van der Waals surface area contributed by atoms with Gasteiger partial charge in [-0.25, -0.2) is 0 Å². The second kappa shape index (κ2) is 8.39. The van der Waals surface area contributed by atoms with Crippen LogP contribution >= 0.6 is 34.8 Å². The van der Waals surface area contributed by atoms with E-state index in [9.17, 15) is 14.4 Å². The molecule has 0 atom stereocenters. The number of nitrogens with zero attached hydrogens (tertiary/aromatic N) is 1. The predicted octanol–water partition coefficient (Wildman–Crippen LogP) is 3.66. The van der Waals surface area contributed by atoms with Gasteiger partial charge < -0.3 is 15.3 Å². The maximum Gasteiger partial charge on any atom is 0.322 e. The van der Waals surface area contributed by atoms with Crippen molar-refractivity contribution >= 4 is 52.6 Å². The van der Waals surface area contributed by atoms with Crippen LogP contribution in [0.25, 0.3) is 0 Å². The lowest BCUT2D eigenvalue weighted by Gasteiger charge is -2.30. The number of benzene rings is 2. The molecule has 1 aliphatic heterocycles. The van der Waals surface area contributed by atoms with Gasteiger partial charge in [-0.15, -0.1) is 0 Å². The first-order valence-corrected chi connectivity index (χ1v) is 9.46. The SMILES string of the molecule is O=C(O)CNC(=O)c1c(Cl)cc2c(c1Cl)CCN(C(=O)c1ccc(Cl)cc1)C2. The Labute approximate surface area is 176 Å². The van der Waals surface area contributed by atoms with Crippen molar-refractivity contribution in [1.82, 2.24) is 10.2 Å². The Morgan fingerprint density at radius 3 is 2.43 bits per heavy atom. The number of rotatable bonds is 4. The number of fused-ring (bicyclic) bond motifs is 1. The lowest BCUT2D eigenvalue weighted by atomic mass is 9.96. The van der Waals surface area contributed by atoms with Crippen molar-refractivity contribution in [3.8, 4) is 0 Å². The molecule has 1 heterocycles.